The highest BCUT2D eigenvalue weighted by molar-refractivity contribution is 6.30. The lowest BCUT2D eigenvalue weighted by Crippen LogP contribution is -2.20. The number of halogens is 1. The van der Waals surface area contributed by atoms with Gasteiger partial charge in [0, 0.05) is 34.7 Å². The molecule has 0 bridgehead atoms. The van der Waals surface area contributed by atoms with Gasteiger partial charge in [-0.3, -0.25) is 0 Å². The number of nitrogens with zero attached hydrogens (tertiary/aromatic N) is 4. The predicted octanol–water partition coefficient (Wildman–Crippen LogP) is 6.56. The molecule has 0 fully saturated rings. The van der Waals surface area contributed by atoms with E-state index in [2.05, 4.69) is 25.8 Å². The summed E-state index contributed by atoms with van der Waals surface area (Å²) in [5, 5.41) is 10.4. The number of amides is 2. The zero-order valence-electron chi connectivity index (χ0n) is 19.7. The number of hydrogen-bond donors (Lipinski definition) is 2. The fourth-order valence-electron chi connectivity index (χ4n) is 3.74. The van der Waals surface area contributed by atoms with E-state index in [1.807, 2.05) is 79.2 Å². The normalized spacial score (nSPS) is 10.9. The van der Waals surface area contributed by atoms with E-state index in [4.69, 9.17) is 16.1 Å². The number of carbonyl (C=O) groups is 1. The summed E-state index contributed by atoms with van der Waals surface area (Å²) in [6.07, 6.45) is 3.56. The molecule has 2 amide bonds. The molecule has 0 saturated carbocycles. The third-order valence-electron chi connectivity index (χ3n) is 5.59. The maximum absolute atomic E-state index is 12.4. The average Bonchev–Trinajstić information content (AvgIpc) is 3.53. The van der Waals surface area contributed by atoms with Crippen LogP contribution >= 0.6 is 11.6 Å². The van der Waals surface area contributed by atoms with Crippen molar-refractivity contribution < 1.29 is 9.32 Å². The van der Waals surface area contributed by atoms with Crippen LogP contribution in [0.5, 0.6) is 0 Å². The number of benzene rings is 3. The topological polar surface area (TPSA) is 97.9 Å². The average molecular weight is 499 g/mol. The molecule has 8 nitrogen and oxygen atoms in total. The number of hydrogen-bond acceptors (Lipinski definition) is 5. The number of rotatable bonds is 6. The SMILES string of the molecule is Cc1ccc(NC(=O)Nc2ccc(Cn3cnc(-c4nc(-c5ccc(Cl)cc5)no4)c3)cc2)c(C)c1. The first kappa shape index (κ1) is 23.3. The Labute approximate surface area is 213 Å². The first-order valence-electron chi connectivity index (χ1n) is 11.3. The van der Waals surface area contributed by atoms with Crippen molar-refractivity contribution >= 4 is 29.0 Å². The van der Waals surface area contributed by atoms with Gasteiger partial charge >= 0.3 is 6.03 Å². The van der Waals surface area contributed by atoms with E-state index in [9.17, 15) is 4.79 Å². The molecule has 0 radical (unpaired) electrons. The zero-order valence-corrected chi connectivity index (χ0v) is 20.5. The molecule has 0 saturated heterocycles. The minimum Gasteiger partial charge on any atom is -0.332 e. The van der Waals surface area contributed by atoms with Crippen molar-refractivity contribution in [1.29, 1.82) is 0 Å². The first-order valence-corrected chi connectivity index (χ1v) is 11.7. The van der Waals surface area contributed by atoms with Crippen molar-refractivity contribution in [2.75, 3.05) is 10.6 Å². The summed E-state index contributed by atoms with van der Waals surface area (Å²) in [6, 6.07) is 20.5. The number of carbonyl (C=O) groups excluding carboxylic acids is 1. The van der Waals surface area contributed by atoms with Crippen molar-refractivity contribution in [3.63, 3.8) is 0 Å². The molecule has 0 unspecified atom stereocenters. The van der Waals surface area contributed by atoms with Crippen LogP contribution in [0.3, 0.4) is 0 Å². The minimum absolute atomic E-state index is 0.286. The second-order valence-corrected chi connectivity index (χ2v) is 8.89. The molecule has 0 aliphatic rings. The van der Waals surface area contributed by atoms with Crippen LogP contribution in [-0.4, -0.2) is 25.7 Å². The smallest absolute Gasteiger partial charge is 0.323 e. The number of imidazole rings is 1. The molecule has 0 spiro atoms. The lowest BCUT2D eigenvalue weighted by atomic mass is 10.1. The van der Waals surface area contributed by atoms with Crippen molar-refractivity contribution in [3.8, 4) is 23.0 Å². The Bertz CT molecular complexity index is 1510. The Morgan fingerprint density at radius 2 is 1.78 bits per heavy atom. The molecule has 5 rings (SSSR count). The highest BCUT2D eigenvalue weighted by Crippen LogP contribution is 2.23. The molecule has 2 aromatic heterocycles. The van der Waals surface area contributed by atoms with Crippen molar-refractivity contribution in [3.05, 3.63) is 101 Å². The second kappa shape index (κ2) is 10.1. The maximum atomic E-state index is 12.4. The summed E-state index contributed by atoms with van der Waals surface area (Å²) < 4.78 is 7.32. The van der Waals surface area contributed by atoms with Gasteiger partial charge in [0.05, 0.1) is 6.33 Å². The van der Waals surface area contributed by atoms with Gasteiger partial charge in [0.2, 0.25) is 5.82 Å². The van der Waals surface area contributed by atoms with Gasteiger partial charge in [-0.2, -0.15) is 4.98 Å². The van der Waals surface area contributed by atoms with Crippen LogP contribution in [-0.2, 0) is 6.54 Å². The number of urea groups is 1. The summed E-state index contributed by atoms with van der Waals surface area (Å²) in [5.41, 5.74) is 6.10. The highest BCUT2D eigenvalue weighted by atomic mass is 35.5. The monoisotopic (exact) mass is 498 g/mol. The lowest BCUT2D eigenvalue weighted by Gasteiger charge is -2.11. The van der Waals surface area contributed by atoms with Crippen LogP contribution in [0.15, 0.2) is 83.8 Å². The molecule has 0 aliphatic carbocycles. The van der Waals surface area contributed by atoms with E-state index in [0.29, 0.717) is 34.7 Å². The standard InChI is InChI=1S/C27H23ClN6O2/c1-17-3-12-23(18(2)13-17)31-27(35)30-22-10-4-19(5-11-22)14-34-15-24(29-16-34)26-32-25(33-36-26)20-6-8-21(28)9-7-20/h3-13,15-16H,14H2,1-2H3,(H2,30,31,35). The van der Waals surface area contributed by atoms with Gasteiger partial charge in [0.15, 0.2) is 0 Å². The molecule has 2 N–H and O–H groups in total. The lowest BCUT2D eigenvalue weighted by molar-refractivity contribution is 0.262. The summed E-state index contributed by atoms with van der Waals surface area (Å²) >= 11 is 5.94. The Balaban J connectivity index is 1.19. The van der Waals surface area contributed by atoms with Crippen molar-refractivity contribution in [1.82, 2.24) is 19.7 Å². The third-order valence-corrected chi connectivity index (χ3v) is 5.84. The van der Waals surface area contributed by atoms with Gasteiger partial charge in [0.1, 0.15) is 5.69 Å². The van der Waals surface area contributed by atoms with Crippen LogP contribution in [0.1, 0.15) is 16.7 Å². The highest BCUT2D eigenvalue weighted by Gasteiger charge is 2.13. The molecule has 180 valence electrons. The molecule has 5 aromatic rings. The molecular formula is C27H23ClN6O2. The molecule has 36 heavy (non-hydrogen) atoms. The Morgan fingerprint density at radius 1 is 1.00 bits per heavy atom. The summed E-state index contributed by atoms with van der Waals surface area (Å²) in [7, 11) is 0. The Hall–Kier alpha value is -4.43. The van der Waals surface area contributed by atoms with Gasteiger partial charge in [0.25, 0.3) is 5.89 Å². The molecular weight excluding hydrogens is 476 g/mol. The molecule has 0 atom stereocenters. The summed E-state index contributed by atoms with van der Waals surface area (Å²) in [4.78, 5) is 21.2. The molecule has 2 heterocycles. The number of aryl methyl sites for hydroxylation is 2. The van der Waals surface area contributed by atoms with Crippen molar-refractivity contribution in [2.24, 2.45) is 0 Å². The van der Waals surface area contributed by atoms with Crippen LogP contribution < -0.4 is 10.6 Å². The maximum Gasteiger partial charge on any atom is 0.323 e. The van der Waals surface area contributed by atoms with E-state index in [1.165, 1.54) is 0 Å². The molecule has 9 heteroatoms. The summed E-state index contributed by atoms with van der Waals surface area (Å²) in [6.45, 7) is 4.59. The Morgan fingerprint density at radius 3 is 2.53 bits per heavy atom. The van der Waals surface area contributed by atoms with Gasteiger partial charge in [-0.25, -0.2) is 9.78 Å². The van der Waals surface area contributed by atoms with Gasteiger partial charge in [-0.05, 0) is 67.4 Å². The van der Waals surface area contributed by atoms with Gasteiger partial charge in [-0.1, -0.05) is 46.6 Å². The number of nitrogens with one attached hydrogen (secondary N) is 2. The number of aromatic nitrogens is 4. The number of anilines is 2. The predicted molar refractivity (Wildman–Crippen MR) is 140 cm³/mol. The van der Waals surface area contributed by atoms with E-state index >= 15 is 0 Å². The first-order chi connectivity index (χ1) is 17.4. The second-order valence-electron chi connectivity index (χ2n) is 8.46. The zero-order chi connectivity index (χ0) is 25.1. The Kier molecular flexibility index (Phi) is 6.51. The molecule has 0 aliphatic heterocycles. The summed E-state index contributed by atoms with van der Waals surface area (Å²) in [5.74, 6) is 0.814. The van der Waals surface area contributed by atoms with E-state index in [1.54, 1.807) is 18.5 Å². The van der Waals surface area contributed by atoms with Crippen LogP contribution in [0.25, 0.3) is 23.0 Å². The van der Waals surface area contributed by atoms with E-state index in [0.717, 1.165) is 27.9 Å². The fraction of sp³-hybridized carbons (Fsp3) is 0.111. The fourth-order valence-corrected chi connectivity index (χ4v) is 3.87. The largest absolute Gasteiger partial charge is 0.332 e. The van der Waals surface area contributed by atoms with Crippen LogP contribution in [0.4, 0.5) is 16.2 Å². The third kappa shape index (κ3) is 5.45. The van der Waals surface area contributed by atoms with Crippen LogP contribution in [0.2, 0.25) is 5.02 Å². The van der Waals surface area contributed by atoms with Crippen LogP contribution in [0, 0.1) is 13.8 Å². The minimum atomic E-state index is -0.286. The molecule has 3 aromatic carbocycles. The van der Waals surface area contributed by atoms with E-state index < -0.39 is 0 Å². The van der Waals surface area contributed by atoms with E-state index in [-0.39, 0.29) is 6.03 Å². The van der Waals surface area contributed by atoms with Crippen molar-refractivity contribution in [2.45, 2.75) is 20.4 Å². The quantitative estimate of drug-likeness (QED) is 0.276. The van der Waals surface area contributed by atoms with Gasteiger partial charge in [-0.15, -0.1) is 0 Å². The van der Waals surface area contributed by atoms with Gasteiger partial charge < -0.3 is 19.7 Å².